The Kier molecular flexibility index (Phi) is 7.23. The summed E-state index contributed by atoms with van der Waals surface area (Å²) in [6.45, 7) is 0. The smallest absolute Gasteiger partial charge is 0.264 e. The van der Waals surface area contributed by atoms with Gasteiger partial charge in [-0.05, 0) is 67.0 Å². The first-order valence-electron chi connectivity index (χ1n) is 10.8. The highest BCUT2D eigenvalue weighted by molar-refractivity contribution is 7.98. The van der Waals surface area contributed by atoms with Gasteiger partial charge in [-0.15, -0.1) is 0 Å². The molecule has 0 unspecified atom stereocenters. The second-order valence-electron chi connectivity index (χ2n) is 7.78. The molecule has 0 aliphatic carbocycles. The van der Waals surface area contributed by atoms with Gasteiger partial charge < -0.3 is 10.3 Å². The van der Waals surface area contributed by atoms with Gasteiger partial charge in [-0.25, -0.2) is 13.4 Å². The maximum absolute atomic E-state index is 13.0. The molecule has 1 aromatic heterocycles. The van der Waals surface area contributed by atoms with E-state index in [0.29, 0.717) is 23.5 Å². The van der Waals surface area contributed by atoms with Crippen LogP contribution < -0.4 is 9.62 Å². The maximum Gasteiger partial charge on any atom is 0.264 e. The molecule has 1 amide bonds. The van der Waals surface area contributed by atoms with E-state index in [4.69, 9.17) is 0 Å². The fourth-order valence-corrected chi connectivity index (χ4v) is 5.27. The molecule has 0 aliphatic heterocycles. The van der Waals surface area contributed by atoms with Gasteiger partial charge in [0.05, 0.1) is 27.7 Å². The van der Waals surface area contributed by atoms with Crippen LogP contribution in [-0.2, 0) is 10.0 Å². The number of sulfonamides is 1. The maximum atomic E-state index is 13.0. The molecule has 9 heteroatoms. The molecule has 7 nitrogen and oxygen atoms in total. The van der Waals surface area contributed by atoms with Crippen LogP contribution in [0.15, 0.2) is 83.8 Å². The lowest BCUT2D eigenvalue weighted by atomic mass is 10.1. The largest absolute Gasteiger partial charge is 0.342 e. The number of carbonyl (C=O) groups is 1. The number of nitrogens with one attached hydrogen (secondary N) is 2. The molecule has 2 N–H and O–H groups in total. The first-order valence-corrected chi connectivity index (χ1v) is 13.6. The Labute approximate surface area is 203 Å². The minimum atomic E-state index is -3.74. The second-order valence-corrected chi connectivity index (χ2v) is 10.7. The van der Waals surface area contributed by atoms with Gasteiger partial charge in [0.1, 0.15) is 5.82 Å². The van der Waals surface area contributed by atoms with Crippen LogP contribution in [-0.4, -0.2) is 43.3 Å². The van der Waals surface area contributed by atoms with Crippen molar-refractivity contribution in [2.45, 2.75) is 17.4 Å². The average Bonchev–Trinajstić information content (AvgIpc) is 3.31. The first-order chi connectivity index (χ1) is 16.4. The van der Waals surface area contributed by atoms with Crippen LogP contribution in [0.5, 0.6) is 0 Å². The SMILES string of the molecule is CSCC[C@H](NC(=O)c1ccc(S(=O)(=O)N(C)c2ccccc2)cc1)c1nc2ccccc2[nH]1. The van der Waals surface area contributed by atoms with Crippen molar-refractivity contribution in [3.8, 4) is 0 Å². The van der Waals surface area contributed by atoms with Gasteiger partial charge in [0, 0.05) is 12.6 Å². The summed E-state index contributed by atoms with van der Waals surface area (Å²) in [6.07, 6.45) is 2.73. The molecule has 0 bridgehead atoms. The van der Waals surface area contributed by atoms with E-state index in [1.807, 2.05) is 36.6 Å². The summed E-state index contributed by atoms with van der Waals surface area (Å²) in [6, 6.07) is 22.3. The number of rotatable bonds is 9. The molecule has 1 atom stereocenters. The minimum Gasteiger partial charge on any atom is -0.342 e. The number of aromatic nitrogens is 2. The Morgan fingerprint density at radius 2 is 1.71 bits per heavy atom. The van der Waals surface area contributed by atoms with Crippen LogP contribution in [0.3, 0.4) is 0 Å². The number of hydrogen-bond donors (Lipinski definition) is 2. The molecule has 176 valence electrons. The van der Waals surface area contributed by atoms with Gasteiger partial charge in [0.2, 0.25) is 0 Å². The van der Waals surface area contributed by atoms with E-state index in [2.05, 4.69) is 15.3 Å². The number of carbonyl (C=O) groups excluding carboxylic acids is 1. The van der Waals surface area contributed by atoms with Gasteiger partial charge >= 0.3 is 0 Å². The number of nitrogens with zero attached hydrogens (tertiary/aromatic N) is 2. The third kappa shape index (κ3) is 5.10. The molecular formula is C25H26N4O3S2. The summed E-state index contributed by atoms with van der Waals surface area (Å²) in [5.74, 6) is 1.27. The Hall–Kier alpha value is -3.30. The van der Waals surface area contributed by atoms with Gasteiger partial charge in [-0.2, -0.15) is 11.8 Å². The van der Waals surface area contributed by atoms with E-state index in [0.717, 1.165) is 16.8 Å². The number of aromatic amines is 1. The predicted octanol–water partition coefficient (Wildman–Crippen LogP) is 4.61. The summed E-state index contributed by atoms with van der Waals surface area (Å²) < 4.78 is 27.2. The van der Waals surface area contributed by atoms with Crippen molar-refractivity contribution in [1.29, 1.82) is 0 Å². The number of benzene rings is 3. The highest BCUT2D eigenvalue weighted by atomic mass is 32.2. The minimum absolute atomic E-state index is 0.117. The second kappa shape index (κ2) is 10.3. The molecule has 0 saturated carbocycles. The van der Waals surface area contributed by atoms with E-state index in [-0.39, 0.29) is 16.8 Å². The van der Waals surface area contributed by atoms with Crippen molar-refractivity contribution in [3.63, 3.8) is 0 Å². The topological polar surface area (TPSA) is 95.2 Å². The highest BCUT2D eigenvalue weighted by Gasteiger charge is 2.23. The molecule has 0 radical (unpaired) electrons. The molecule has 0 spiro atoms. The van der Waals surface area contributed by atoms with Crippen molar-refractivity contribution in [1.82, 2.24) is 15.3 Å². The third-order valence-electron chi connectivity index (χ3n) is 5.55. The van der Waals surface area contributed by atoms with Crippen molar-refractivity contribution < 1.29 is 13.2 Å². The predicted molar refractivity (Wildman–Crippen MR) is 138 cm³/mol. The van der Waals surface area contributed by atoms with E-state index in [1.54, 1.807) is 36.0 Å². The quantitative estimate of drug-likeness (QED) is 0.354. The van der Waals surface area contributed by atoms with E-state index in [1.165, 1.54) is 35.6 Å². The molecule has 0 fully saturated rings. The lowest BCUT2D eigenvalue weighted by molar-refractivity contribution is 0.0934. The molecule has 3 aromatic carbocycles. The van der Waals surface area contributed by atoms with Crippen molar-refractivity contribution in [2.75, 3.05) is 23.4 Å². The Bertz CT molecular complexity index is 1340. The number of H-pyrrole nitrogens is 1. The lowest BCUT2D eigenvalue weighted by Gasteiger charge is -2.20. The molecule has 4 aromatic rings. The Morgan fingerprint density at radius 1 is 1.03 bits per heavy atom. The number of imidazole rings is 1. The monoisotopic (exact) mass is 494 g/mol. The van der Waals surface area contributed by atoms with Gasteiger partial charge in [-0.1, -0.05) is 30.3 Å². The van der Waals surface area contributed by atoms with Crippen LogP contribution in [0.25, 0.3) is 11.0 Å². The summed E-state index contributed by atoms with van der Waals surface area (Å²) in [5, 5.41) is 3.05. The number of hydrogen-bond acceptors (Lipinski definition) is 5. The fourth-order valence-electron chi connectivity index (χ4n) is 3.61. The zero-order chi connectivity index (χ0) is 24.1. The zero-order valence-corrected chi connectivity index (χ0v) is 20.6. The van der Waals surface area contributed by atoms with Crippen LogP contribution in [0, 0.1) is 0 Å². The van der Waals surface area contributed by atoms with Crippen molar-refractivity contribution in [3.05, 3.63) is 90.3 Å². The number of fused-ring (bicyclic) bond motifs is 1. The number of para-hydroxylation sites is 3. The van der Waals surface area contributed by atoms with Gasteiger partial charge in [0.25, 0.3) is 15.9 Å². The lowest BCUT2D eigenvalue weighted by Crippen LogP contribution is -2.30. The standard InChI is InChI=1S/C25H26N4O3S2/c1-29(19-8-4-3-5-9-19)34(31,32)20-14-12-18(13-15-20)25(30)28-23(16-17-33-2)24-26-21-10-6-7-11-22(21)27-24/h3-15,23H,16-17H2,1-2H3,(H,26,27)(H,28,30)/t23-/m0/s1. The normalized spacial score (nSPS) is 12.4. The van der Waals surface area contributed by atoms with Crippen molar-refractivity contribution >= 4 is 44.4 Å². The first kappa shape index (κ1) is 23.8. The van der Waals surface area contributed by atoms with Crippen molar-refractivity contribution in [2.24, 2.45) is 0 Å². The summed E-state index contributed by atoms with van der Waals surface area (Å²) in [7, 11) is -2.23. The van der Waals surface area contributed by atoms with Crippen LogP contribution in [0.4, 0.5) is 5.69 Å². The number of thioether (sulfide) groups is 1. The number of anilines is 1. The summed E-state index contributed by atoms with van der Waals surface area (Å²) in [5.41, 5.74) is 2.70. The van der Waals surface area contributed by atoms with Gasteiger partial charge in [-0.3, -0.25) is 9.10 Å². The molecule has 0 saturated heterocycles. The van der Waals surface area contributed by atoms with E-state index >= 15 is 0 Å². The highest BCUT2D eigenvalue weighted by Crippen LogP contribution is 2.23. The van der Waals surface area contributed by atoms with Crippen LogP contribution in [0.2, 0.25) is 0 Å². The number of amides is 1. The van der Waals surface area contributed by atoms with Crippen LogP contribution in [0.1, 0.15) is 28.6 Å². The fraction of sp³-hybridized carbons (Fsp3) is 0.200. The Balaban J connectivity index is 1.52. The zero-order valence-electron chi connectivity index (χ0n) is 18.9. The molecule has 0 aliphatic rings. The Morgan fingerprint density at radius 3 is 2.38 bits per heavy atom. The average molecular weight is 495 g/mol. The molecule has 34 heavy (non-hydrogen) atoms. The van der Waals surface area contributed by atoms with Crippen LogP contribution >= 0.6 is 11.8 Å². The van der Waals surface area contributed by atoms with Gasteiger partial charge in [0.15, 0.2) is 0 Å². The molecule has 1 heterocycles. The van der Waals surface area contributed by atoms with E-state index in [9.17, 15) is 13.2 Å². The summed E-state index contributed by atoms with van der Waals surface area (Å²) in [4.78, 5) is 21.1. The van der Waals surface area contributed by atoms with E-state index < -0.39 is 10.0 Å². The summed E-state index contributed by atoms with van der Waals surface area (Å²) >= 11 is 1.70. The molecular weight excluding hydrogens is 468 g/mol. The molecule has 4 rings (SSSR count). The third-order valence-corrected chi connectivity index (χ3v) is 7.99.